The Labute approximate surface area is 361 Å². The second-order valence-corrected chi connectivity index (χ2v) is 17.6. The number of H-pyrrole nitrogens is 2. The van der Waals surface area contributed by atoms with Gasteiger partial charge in [0.05, 0.1) is 49.2 Å². The third-order valence-electron chi connectivity index (χ3n) is 13.2. The normalized spacial score (nSPS) is 20.5. The zero-order valence-electron chi connectivity index (χ0n) is 36.8. The van der Waals surface area contributed by atoms with Crippen LogP contribution in [-0.2, 0) is 25.7 Å². The van der Waals surface area contributed by atoms with Gasteiger partial charge < -0.3 is 44.6 Å². The number of aromatic amines is 2. The Kier molecular flexibility index (Phi) is 11.9. The summed E-state index contributed by atoms with van der Waals surface area (Å²) in [6, 6.07) is 12.8. The standard InChI is InChI=1S/C47H58N8O7/c1-9-26-17-37(54(22-26)44(56)39(24(3)4)52-46(58)60-7)43-49-34-15-12-27-19-33-31-14-11-28(18-29(31)23-62-38(33)20-32(27)41(34)51-43)35-21-48-42(50-35)36-16-13-30(10-2)55(36)45(57)40(25(5)6)53-47(59)61-8/h11-12,14-15,18-21,24-26,30,36-37,39-40H,9-10,13,16-17,22-23H2,1-8H3,(H,48,50)(H,49,51)(H,52,58)(H,53,59)/t26-,30-,36-,37-,39-,40-/m0/s1. The van der Waals surface area contributed by atoms with Crippen molar-refractivity contribution in [1.82, 2.24) is 40.4 Å². The van der Waals surface area contributed by atoms with E-state index in [1.165, 1.54) is 14.2 Å². The van der Waals surface area contributed by atoms with Crippen LogP contribution in [-0.4, -0.2) is 92.6 Å². The molecule has 0 saturated carbocycles. The van der Waals surface area contributed by atoms with Crippen LogP contribution in [0.4, 0.5) is 9.59 Å². The van der Waals surface area contributed by atoms with E-state index in [0.717, 1.165) is 99.3 Å². The second kappa shape index (κ2) is 17.3. The van der Waals surface area contributed by atoms with Crippen molar-refractivity contribution in [2.45, 2.75) is 110 Å². The third-order valence-corrected chi connectivity index (χ3v) is 13.2. The first-order chi connectivity index (χ1) is 29.8. The zero-order valence-corrected chi connectivity index (χ0v) is 36.8. The van der Waals surface area contributed by atoms with E-state index in [4.69, 9.17) is 24.2 Å². The van der Waals surface area contributed by atoms with E-state index in [1.54, 1.807) is 0 Å². The number of amides is 4. The molecule has 0 radical (unpaired) electrons. The highest BCUT2D eigenvalue weighted by atomic mass is 16.5. The fourth-order valence-electron chi connectivity index (χ4n) is 9.64. The Bertz CT molecular complexity index is 2510. The molecule has 4 N–H and O–H groups in total. The van der Waals surface area contributed by atoms with Gasteiger partial charge >= 0.3 is 12.2 Å². The lowest BCUT2D eigenvalue weighted by molar-refractivity contribution is -0.138. The number of aromatic nitrogens is 4. The molecule has 4 amide bonds. The van der Waals surface area contributed by atoms with Crippen molar-refractivity contribution in [3.05, 3.63) is 65.9 Å². The Morgan fingerprint density at radius 1 is 0.839 bits per heavy atom. The van der Waals surface area contributed by atoms with Gasteiger partial charge in [-0.3, -0.25) is 9.59 Å². The van der Waals surface area contributed by atoms with Crippen molar-refractivity contribution in [1.29, 1.82) is 0 Å². The summed E-state index contributed by atoms with van der Waals surface area (Å²) in [6.45, 7) is 12.9. The van der Waals surface area contributed by atoms with E-state index < -0.39 is 24.3 Å². The maximum absolute atomic E-state index is 14.0. The van der Waals surface area contributed by atoms with Gasteiger partial charge in [0, 0.05) is 23.5 Å². The van der Waals surface area contributed by atoms with Gasteiger partial charge in [0.1, 0.15) is 36.1 Å². The van der Waals surface area contributed by atoms with Crippen LogP contribution in [0.5, 0.6) is 5.75 Å². The summed E-state index contributed by atoms with van der Waals surface area (Å²) in [5.74, 6) is 1.99. The fourth-order valence-corrected chi connectivity index (χ4v) is 9.64. The number of likely N-dealkylation sites (tertiary alicyclic amines) is 2. The molecule has 3 aliphatic rings. The molecular weight excluding hydrogens is 789 g/mol. The molecule has 5 aromatic rings. The average molecular weight is 847 g/mol. The van der Waals surface area contributed by atoms with E-state index in [9.17, 15) is 19.2 Å². The smallest absolute Gasteiger partial charge is 0.407 e. The number of imidazole rings is 2. The number of rotatable bonds is 11. The largest absolute Gasteiger partial charge is 0.488 e. The molecule has 3 aliphatic heterocycles. The summed E-state index contributed by atoms with van der Waals surface area (Å²) in [6.07, 6.45) is 4.68. The lowest BCUT2D eigenvalue weighted by Gasteiger charge is -2.34. The van der Waals surface area contributed by atoms with Crippen LogP contribution < -0.4 is 15.4 Å². The Hall–Kier alpha value is -6.12. The summed E-state index contributed by atoms with van der Waals surface area (Å²) in [4.78, 5) is 73.2. The van der Waals surface area contributed by atoms with Crippen molar-refractivity contribution in [2.75, 3.05) is 20.8 Å². The van der Waals surface area contributed by atoms with Crippen LogP contribution in [0.3, 0.4) is 0 Å². The van der Waals surface area contributed by atoms with E-state index in [1.807, 2.05) is 49.8 Å². The Balaban J connectivity index is 1.05. The van der Waals surface area contributed by atoms with Crippen LogP contribution in [0.15, 0.2) is 48.7 Å². The van der Waals surface area contributed by atoms with Crippen LogP contribution >= 0.6 is 0 Å². The van der Waals surface area contributed by atoms with Crippen LogP contribution in [0.2, 0.25) is 0 Å². The summed E-state index contributed by atoms with van der Waals surface area (Å²) >= 11 is 0. The minimum atomic E-state index is -0.721. The number of carbonyl (C=O) groups is 4. The zero-order chi connectivity index (χ0) is 44.0. The first-order valence-corrected chi connectivity index (χ1v) is 21.9. The van der Waals surface area contributed by atoms with Gasteiger partial charge in [-0.1, -0.05) is 66.2 Å². The minimum absolute atomic E-state index is 0.0351. The van der Waals surface area contributed by atoms with Gasteiger partial charge in [-0.05, 0) is 89.8 Å². The Morgan fingerprint density at radius 3 is 2.24 bits per heavy atom. The molecule has 8 rings (SSSR count). The van der Waals surface area contributed by atoms with Crippen molar-refractivity contribution >= 4 is 45.8 Å². The monoisotopic (exact) mass is 846 g/mol. The van der Waals surface area contributed by atoms with Gasteiger partial charge in [0.2, 0.25) is 11.8 Å². The number of benzene rings is 3. The molecule has 2 fully saturated rings. The maximum atomic E-state index is 14.0. The first kappa shape index (κ1) is 42.6. The highest BCUT2D eigenvalue weighted by molar-refractivity contribution is 6.07. The number of hydrogen-bond acceptors (Lipinski definition) is 9. The molecule has 15 nitrogen and oxygen atoms in total. The van der Waals surface area contributed by atoms with Gasteiger partial charge in [-0.15, -0.1) is 0 Å². The number of carbonyl (C=O) groups excluding carboxylic acids is 4. The molecule has 6 atom stereocenters. The summed E-state index contributed by atoms with van der Waals surface area (Å²) < 4.78 is 16.1. The van der Waals surface area contributed by atoms with Crippen molar-refractivity contribution in [3.63, 3.8) is 0 Å². The van der Waals surface area contributed by atoms with Gasteiger partial charge in [0.25, 0.3) is 0 Å². The number of methoxy groups -OCH3 is 2. The van der Waals surface area contributed by atoms with E-state index in [2.05, 4.69) is 70.8 Å². The topological polar surface area (TPSA) is 184 Å². The van der Waals surface area contributed by atoms with Crippen LogP contribution in [0.1, 0.15) is 103 Å². The molecule has 2 aromatic heterocycles. The molecule has 0 bridgehead atoms. The van der Waals surface area contributed by atoms with Crippen LogP contribution in [0, 0.1) is 17.8 Å². The molecule has 0 unspecified atom stereocenters. The predicted molar refractivity (Wildman–Crippen MR) is 235 cm³/mol. The number of ether oxygens (including phenoxy) is 3. The number of hydrogen-bond donors (Lipinski definition) is 4. The molecule has 5 heterocycles. The number of alkyl carbamates (subject to hydrolysis) is 2. The van der Waals surface area contributed by atoms with Crippen LogP contribution in [0.25, 0.3) is 44.2 Å². The molecule has 2 saturated heterocycles. The number of nitrogens with zero attached hydrogens (tertiary/aromatic N) is 4. The first-order valence-electron chi connectivity index (χ1n) is 21.9. The molecule has 15 heteroatoms. The minimum Gasteiger partial charge on any atom is -0.488 e. The summed E-state index contributed by atoms with van der Waals surface area (Å²) in [5.41, 5.74) is 6.63. The fraction of sp³-hybridized carbons (Fsp3) is 0.489. The van der Waals surface area contributed by atoms with E-state index in [0.29, 0.717) is 19.1 Å². The molecule has 62 heavy (non-hydrogen) atoms. The maximum Gasteiger partial charge on any atom is 0.407 e. The molecular formula is C47H58N8O7. The number of fused-ring (bicyclic) bond motifs is 6. The lowest BCUT2D eigenvalue weighted by atomic mass is 9.92. The lowest BCUT2D eigenvalue weighted by Crippen LogP contribution is -2.53. The van der Waals surface area contributed by atoms with Gasteiger partial charge in [-0.2, -0.15) is 0 Å². The molecule has 0 spiro atoms. The average Bonchev–Trinajstić information content (AvgIpc) is 4.10. The molecule has 328 valence electrons. The molecule has 3 aromatic carbocycles. The highest BCUT2D eigenvalue weighted by Crippen LogP contribution is 2.44. The van der Waals surface area contributed by atoms with Crippen molar-refractivity contribution < 1.29 is 33.4 Å². The predicted octanol–water partition coefficient (Wildman–Crippen LogP) is 8.17. The SMILES string of the molecule is CC[C@H]1C[C@@H](c2nc3ccc4cc5c(cc4c3[nH]2)OCc2cc(-c3cnc([C@@H]4CC[C@H](CC)N4C(=O)[C@@H](NC(=O)OC)C(C)C)[nH]3)ccc2-5)N(C(=O)[C@@H](NC(=O)OC)C(C)C)C1. The van der Waals surface area contributed by atoms with Crippen molar-refractivity contribution in [3.8, 4) is 28.1 Å². The van der Waals surface area contributed by atoms with E-state index in [-0.39, 0.29) is 41.8 Å². The highest BCUT2D eigenvalue weighted by Gasteiger charge is 2.43. The van der Waals surface area contributed by atoms with Gasteiger partial charge in [-0.25, -0.2) is 19.6 Å². The molecule has 0 aliphatic carbocycles. The quantitative estimate of drug-likeness (QED) is 0.102. The van der Waals surface area contributed by atoms with Crippen molar-refractivity contribution in [2.24, 2.45) is 17.8 Å². The third kappa shape index (κ3) is 7.81. The Morgan fingerprint density at radius 2 is 1.56 bits per heavy atom. The van der Waals surface area contributed by atoms with E-state index >= 15 is 0 Å². The summed E-state index contributed by atoms with van der Waals surface area (Å²) in [5, 5.41) is 7.51. The summed E-state index contributed by atoms with van der Waals surface area (Å²) in [7, 11) is 2.60. The van der Waals surface area contributed by atoms with Gasteiger partial charge in [0.15, 0.2) is 0 Å². The second-order valence-electron chi connectivity index (χ2n) is 17.6. The number of nitrogens with one attached hydrogen (secondary N) is 4.